The highest BCUT2D eigenvalue weighted by molar-refractivity contribution is 5.93. The summed E-state index contributed by atoms with van der Waals surface area (Å²) in [5, 5.41) is 0. The van der Waals surface area contributed by atoms with E-state index in [2.05, 4.69) is 6.58 Å². The number of hydrogen-bond donors (Lipinski definition) is 0. The van der Waals surface area contributed by atoms with Crippen molar-refractivity contribution < 1.29 is 61.9 Å². The van der Waals surface area contributed by atoms with Crippen molar-refractivity contribution in [3.05, 3.63) is 168 Å². The number of esters is 5. The minimum atomic E-state index is -0.722. The lowest BCUT2D eigenvalue weighted by molar-refractivity contribution is -0.147. The Morgan fingerprint density at radius 1 is 0.548 bits per heavy atom. The lowest BCUT2D eigenvalue weighted by Crippen LogP contribution is -2.35. The second-order valence-electron chi connectivity index (χ2n) is 14.1. The number of benzene rings is 5. The van der Waals surface area contributed by atoms with Crippen LogP contribution in [0, 0.1) is 0 Å². The first-order valence-electron chi connectivity index (χ1n) is 19.9. The Bertz CT molecular complexity index is 2370. The molecule has 2 aliphatic rings. The van der Waals surface area contributed by atoms with Gasteiger partial charge in [-0.05, 0) is 108 Å². The topological polar surface area (TPSA) is 159 Å². The Labute approximate surface area is 357 Å². The molecule has 0 N–H and O–H groups in total. The lowest BCUT2D eigenvalue weighted by atomic mass is 10.0. The van der Waals surface area contributed by atoms with Gasteiger partial charge in [-0.2, -0.15) is 0 Å². The van der Waals surface area contributed by atoms with Crippen LogP contribution >= 0.6 is 0 Å². The van der Waals surface area contributed by atoms with Gasteiger partial charge in [0.05, 0.1) is 43.1 Å². The Morgan fingerprint density at radius 2 is 1.05 bits per heavy atom. The predicted molar refractivity (Wildman–Crippen MR) is 225 cm³/mol. The fourth-order valence-corrected chi connectivity index (χ4v) is 6.57. The van der Waals surface area contributed by atoms with E-state index in [4.69, 9.17) is 37.9 Å². The molecule has 2 heterocycles. The molecule has 0 aromatic heterocycles. The van der Waals surface area contributed by atoms with E-state index >= 15 is 0 Å². The normalized spacial score (nSPS) is 17.7. The molecule has 7 rings (SSSR count). The zero-order valence-electron chi connectivity index (χ0n) is 33.4. The maximum Gasteiger partial charge on any atom is 0.343 e. The number of ether oxygens (including phenoxy) is 8. The van der Waals surface area contributed by atoms with E-state index in [1.54, 1.807) is 30.3 Å². The van der Waals surface area contributed by atoms with Crippen LogP contribution in [0.5, 0.6) is 17.2 Å². The molecular formula is C49H42O13. The summed E-state index contributed by atoms with van der Waals surface area (Å²) in [7, 11) is 0. The number of carbonyl (C=O) groups is 5. The SMILES string of the molecule is C=CC(=O)OCCCCOc1ccc(C(=O)Oc2ccc(C(=O)Oc3ccc(C(=O)O[C@H]4CO[C@H]5[C@@H]4OC[C@H]5OC(=O)/C=C/c4ccc(-c5ccccc5)cc4)cc3)cc2)cc1. The van der Waals surface area contributed by atoms with Crippen LogP contribution in [0.1, 0.15) is 49.5 Å². The fraction of sp³-hybridized carbons (Fsp3) is 0.204. The minimum absolute atomic E-state index is 0.0657. The van der Waals surface area contributed by atoms with Crippen LogP contribution in [0.15, 0.2) is 146 Å². The van der Waals surface area contributed by atoms with Gasteiger partial charge in [0, 0.05) is 12.2 Å². The average molecular weight is 839 g/mol. The first-order chi connectivity index (χ1) is 30.2. The lowest BCUT2D eigenvalue weighted by Gasteiger charge is -2.17. The summed E-state index contributed by atoms with van der Waals surface area (Å²) in [5.41, 5.74) is 3.73. The predicted octanol–water partition coefficient (Wildman–Crippen LogP) is 7.63. The van der Waals surface area contributed by atoms with Gasteiger partial charge in [0.25, 0.3) is 0 Å². The molecule has 2 aliphatic heterocycles. The van der Waals surface area contributed by atoms with Crippen molar-refractivity contribution in [1.82, 2.24) is 0 Å². The van der Waals surface area contributed by atoms with Gasteiger partial charge in [0.15, 0.2) is 12.2 Å². The number of unbranched alkanes of at least 4 members (excludes halogenated alkanes) is 1. The third-order valence-corrected chi connectivity index (χ3v) is 9.83. The van der Waals surface area contributed by atoms with Crippen molar-refractivity contribution in [1.29, 1.82) is 0 Å². The molecule has 4 atom stereocenters. The Balaban J connectivity index is 0.817. The standard InChI is InChI=1S/C49H42O13/c1-2-43(50)56-29-7-6-28-55-38-21-15-35(16-22-38)47(52)59-39-23-17-36(18-24-39)48(53)60-40-25-19-37(20-26-40)49(54)62-42-31-58-45-41(30-57-46(42)45)61-44(51)27-12-32-10-13-34(14-11-32)33-8-4-3-5-9-33/h2-5,8-27,41-42,45-46H,1,6-7,28-31H2/b27-12+/t41-,42+,45-,46-/m1/s1. The van der Waals surface area contributed by atoms with Gasteiger partial charge in [-0.15, -0.1) is 0 Å². The Kier molecular flexibility index (Phi) is 14.3. The highest BCUT2D eigenvalue weighted by atomic mass is 16.7. The number of hydrogen-bond acceptors (Lipinski definition) is 13. The molecule has 0 saturated carbocycles. The van der Waals surface area contributed by atoms with Gasteiger partial charge >= 0.3 is 29.8 Å². The largest absolute Gasteiger partial charge is 0.494 e. The minimum Gasteiger partial charge on any atom is -0.494 e. The van der Waals surface area contributed by atoms with Crippen LogP contribution in [0.2, 0.25) is 0 Å². The molecule has 2 saturated heterocycles. The van der Waals surface area contributed by atoms with Crippen molar-refractivity contribution in [3.63, 3.8) is 0 Å². The van der Waals surface area contributed by atoms with Crippen LogP contribution in [-0.2, 0) is 33.3 Å². The molecule has 0 unspecified atom stereocenters. The van der Waals surface area contributed by atoms with E-state index < -0.39 is 54.3 Å². The van der Waals surface area contributed by atoms with Crippen molar-refractivity contribution in [3.8, 4) is 28.4 Å². The van der Waals surface area contributed by atoms with Crippen LogP contribution in [-0.4, -0.2) is 80.7 Å². The van der Waals surface area contributed by atoms with E-state index in [9.17, 15) is 24.0 Å². The molecule has 0 spiro atoms. The number of fused-ring (bicyclic) bond motifs is 1. The van der Waals surface area contributed by atoms with E-state index in [0.29, 0.717) is 30.8 Å². The molecular weight excluding hydrogens is 797 g/mol. The molecule has 13 nitrogen and oxygen atoms in total. The fourth-order valence-electron chi connectivity index (χ4n) is 6.57. The molecule has 62 heavy (non-hydrogen) atoms. The van der Waals surface area contributed by atoms with Gasteiger partial charge < -0.3 is 37.9 Å². The van der Waals surface area contributed by atoms with E-state index in [1.807, 2.05) is 54.6 Å². The summed E-state index contributed by atoms with van der Waals surface area (Å²) in [5.74, 6) is -1.92. The summed E-state index contributed by atoms with van der Waals surface area (Å²) in [6, 6.07) is 36.0. The average Bonchev–Trinajstić information content (AvgIpc) is 3.90. The maximum atomic E-state index is 13.0. The van der Waals surface area contributed by atoms with Crippen molar-refractivity contribution in [2.45, 2.75) is 37.3 Å². The van der Waals surface area contributed by atoms with Crippen LogP contribution < -0.4 is 14.2 Å². The third-order valence-electron chi connectivity index (χ3n) is 9.83. The van der Waals surface area contributed by atoms with Crippen molar-refractivity contribution >= 4 is 35.9 Å². The second kappa shape index (κ2) is 20.8. The number of rotatable bonds is 17. The molecule has 2 fully saturated rings. The molecule has 5 aromatic carbocycles. The molecule has 5 aromatic rings. The van der Waals surface area contributed by atoms with Gasteiger partial charge in [0.1, 0.15) is 29.5 Å². The Morgan fingerprint density at radius 3 is 1.61 bits per heavy atom. The molecule has 0 radical (unpaired) electrons. The van der Waals surface area contributed by atoms with Crippen molar-refractivity contribution in [2.75, 3.05) is 26.4 Å². The third kappa shape index (κ3) is 11.5. The van der Waals surface area contributed by atoms with Gasteiger partial charge in [-0.3, -0.25) is 0 Å². The summed E-state index contributed by atoms with van der Waals surface area (Å²) in [6.07, 6.45) is 2.86. The van der Waals surface area contributed by atoms with E-state index in [1.165, 1.54) is 54.6 Å². The molecule has 0 aliphatic carbocycles. The summed E-state index contributed by atoms with van der Waals surface area (Å²) >= 11 is 0. The highest BCUT2D eigenvalue weighted by Crippen LogP contribution is 2.31. The van der Waals surface area contributed by atoms with Gasteiger partial charge in [-0.1, -0.05) is 61.2 Å². The molecule has 0 amide bonds. The molecule has 316 valence electrons. The first-order valence-corrected chi connectivity index (χ1v) is 19.9. The maximum absolute atomic E-state index is 13.0. The molecule has 0 bridgehead atoms. The van der Waals surface area contributed by atoms with E-state index in [-0.39, 0.29) is 42.4 Å². The first kappa shape index (κ1) is 42.8. The smallest absolute Gasteiger partial charge is 0.343 e. The van der Waals surface area contributed by atoms with Crippen LogP contribution in [0.4, 0.5) is 0 Å². The van der Waals surface area contributed by atoms with Crippen molar-refractivity contribution in [2.24, 2.45) is 0 Å². The van der Waals surface area contributed by atoms with Crippen LogP contribution in [0.25, 0.3) is 17.2 Å². The van der Waals surface area contributed by atoms with E-state index in [0.717, 1.165) is 22.8 Å². The Hall–Kier alpha value is -7.35. The van der Waals surface area contributed by atoms with Crippen LogP contribution in [0.3, 0.4) is 0 Å². The summed E-state index contributed by atoms with van der Waals surface area (Å²) < 4.78 is 44.5. The summed E-state index contributed by atoms with van der Waals surface area (Å²) in [4.78, 5) is 62.3. The monoisotopic (exact) mass is 838 g/mol. The zero-order chi connectivity index (χ0) is 43.3. The second-order valence-corrected chi connectivity index (χ2v) is 14.1. The molecule has 13 heteroatoms. The highest BCUT2D eigenvalue weighted by Gasteiger charge is 2.51. The van der Waals surface area contributed by atoms with Gasteiger partial charge in [-0.25, -0.2) is 24.0 Å². The zero-order valence-corrected chi connectivity index (χ0v) is 33.4. The number of carbonyl (C=O) groups excluding carboxylic acids is 5. The summed E-state index contributed by atoms with van der Waals surface area (Å²) in [6.45, 7) is 4.20. The van der Waals surface area contributed by atoms with Gasteiger partial charge in [0.2, 0.25) is 0 Å². The quantitative estimate of drug-likeness (QED) is 0.0296.